The molecule has 4 atom stereocenters. The number of carbonyl (C=O) groups is 1. The fourth-order valence-electron chi connectivity index (χ4n) is 5.85. The Kier molecular flexibility index (Phi) is 9.48. The first kappa shape index (κ1) is 28.7. The smallest absolute Gasteiger partial charge is 0.324 e. The number of piperidine rings is 1. The van der Waals surface area contributed by atoms with E-state index in [1.165, 1.54) is 25.6 Å². The van der Waals surface area contributed by atoms with E-state index in [9.17, 15) is 4.79 Å². The van der Waals surface area contributed by atoms with Gasteiger partial charge in [-0.15, -0.1) is 9.24 Å². The number of rotatable bonds is 9. The summed E-state index contributed by atoms with van der Waals surface area (Å²) in [5, 5.41) is 5.12. The monoisotopic (exact) mass is 567 g/mol. The summed E-state index contributed by atoms with van der Waals surface area (Å²) in [4.78, 5) is 29.9. The van der Waals surface area contributed by atoms with E-state index < -0.39 is 0 Å². The number of nitrogens with zero attached hydrogens (tertiary/aromatic N) is 6. The van der Waals surface area contributed by atoms with Gasteiger partial charge in [-0.2, -0.15) is 4.98 Å². The van der Waals surface area contributed by atoms with Gasteiger partial charge in [-0.1, -0.05) is 43.3 Å². The van der Waals surface area contributed by atoms with Crippen molar-refractivity contribution in [3.05, 3.63) is 41.0 Å². The van der Waals surface area contributed by atoms with Crippen molar-refractivity contribution in [2.24, 2.45) is 33.5 Å². The van der Waals surface area contributed by atoms with Crippen molar-refractivity contribution in [2.75, 3.05) is 44.2 Å². The lowest BCUT2D eigenvalue weighted by atomic mass is 9.90. The molecule has 1 aromatic heterocycles. The van der Waals surface area contributed by atoms with Gasteiger partial charge in [-0.3, -0.25) is 9.79 Å². The molecule has 1 saturated heterocycles. The Morgan fingerprint density at radius 1 is 1.27 bits per heavy atom. The molecular weight excluding hydrogens is 525 g/mol. The maximum Gasteiger partial charge on any atom is 0.324 e. The van der Waals surface area contributed by atoms with Crippen molar-refractivity contribution in [1.82, 2.24) is 15.0 Å². The highest BCUT2D eigenvalue weighted by Gasteiger charge is 2.43. The summed E-state index contributed by atoms with van der Waals surface area (Å²) in [5.74, 6) is 4.08. The molecule has 1 aromatic rings. The summed E-state index contributed by atoms with van der Waals surface area (Å²) in [6, 6.07) is 0.676. The fourth-order valence-corrected chi connectivity index (χ4v) is 6.16. The SMILES string of the molecule is CC(C)c1noc(N2CCC(C3C[C@H]3CCOC3C=CC(P)=C(CC(=O)N4CCN=C(N=CN)C4)C=C3)CC2)n1. The first-order valence-electron chi connectivity index (χ1n) is 14.5. The Balaban J connectivity index is 1.01. The maximum absolute atomic E-state index is 12.9. The third kappa shape index (κ3) is 7.26. The first-order chi connectivity index (χ1) is 19.4. The molecule has 11 heteroatoms. The van der Waals surface area contributed by atoms with E-state index in [0.717, 1.165) is 60.6 Å². The molecule has 0 radical (unpaired) electrons. The Bertz CT molecular complexity index is 1200. The summed E-state index contributed by atoms with van der Waals surface area (Å²) in [5.41, 5.74) is 6.37. The molecule has 3 unspecified atom stereocenters. The third-order valence-corrected chi connectivity index (χ3v) is 8.94. The van der Waals surface area contributed by atoms with Crippen LogP contribution < -0.4 is 10.6 Å². The van der Waals surface area contributed by atoms with Crippen molar-refractivity contribution >= 4 is 33.3 Å². The Hall–Kier alpha value is -2.84. The van der Waals surface area contributed by atoms with Gasteiger partial charge in [0.05, 0.1) is 32.0 Å². The second kappa shape index (κ2) is 13.2. The van der Waals surface area contributed by atoms with Gasteiger partial charge in [-0.25, -0.2) is 4.99 Å². The van der Waals surface area contributed by atoms with Crippen LogP contribution in [0.1, 0.15) is 57.7 Å². The third-order valence-electron chi connectivity index (χ3n) is 8.38. The number of hydrogen-bond acceptors (Lipinski definition) is 8. The number of hydrogen-bond donors (Lipinski definition) is 1. The van der Waals surface area contributed by atoms with Crippen molar-refractivity contribution in [2.45, 2.75) is 58.0 Å². The summed E-state index contributed by atoms with van der Waals surface area (Å²) >= 11 is 0. The lowest BCUT2D eigenvalue weighted by Gasteiger charge is -2.30. The number of amides is 1. The molecule has 4 aliphatic rings. The predicted molar refractivity (Wildman–Crippen MR) is 160 cm³/mol. The molecular formula is C29H42N7O3P. The molecule has 1 amide bonds. The zero-order valence-electron chi connectivity index (χ0n) is 23.6. The van der Waals surface area contributed by atoms with Gasteiger partial charge in [-0.05, 0) is 54.3 Å². The van der Waals surface area contributed by atoms with Gasteiger partial charge >= 0.3 is 6.01 Å². The summed E-state index contributed by atoms with van der Waals surface area (Å²) in [7, 11) is 2.76. The van der Waals surface area contributed by atoms with Crippen molar-refractivity contribution in [3.8, 4) is 0 Å². The molecule has 2 N–H and O–H groups in total. The normalized spacial score (nSPS) is 25.7. The highest BCUT2D eigenvalue weighted by molar-refractivity contribution is 7.23. The fraction of sp³-hybridized carbons (Fsp3) is 0.621. The second-order valence-electron chi connectivity index (χ2n) is 11.5. The van der Waals surface area contributed by atoms with E-state index >= 15 is 0 Å². The molecule has 5 rings (SSSR count). The Labute approximate surface area is 239 Å². The van der Waals surface area contributed by atoms with Crippen LogP contribution >= 0.6 is 9.24 Å². The van der Waals surface area contributed by atoms with E-state index in [4.69, 9.17) is 15.0 Å². The van der Waals surface area contributed by atoms with Crippen LogP contribution in [0.5, 0.6) is 0 Å². The van der Waals surface area contributed by atoms with E-state index in [0.29, 0.717) is 37.9 Å². The zero-order chi connectivity index (χ0) is 28.1. The highest BCUT2D eigenvalue weighted by atomic mass is 31.0. The number of aromatic nitrogens is 2. The average molecular weight is 568 g/mol. The van der Waals surface area contributed by atoms with Gasteiger partial charge in [0.15, 0.2) is 5.82 Å². The molecule has 0 bridgehead atoms. The van der Waals surface area contributed by atoms with Gasteiger partial charge in [0.25, 0.3) is 0 Å². The van der Waals surface area contributed by atoms with Gasteiger partial charge < -0.3 is 24.8 Å². The van der Waals surface area contributed by atoms with Crippen LogP contribution in [0.3, 0.4) is 0 Å². The standard InChI is InChI=1S/C29H42N7O3P/c1-19(2)28-33-29(39-34-28)35-11-7-20(8-12-35)24-15-21(24)9-14-38-23-4-3-22(25(40)6-5-23)16-27(37)36-13-10-31-26(17-36)32-18-30/h3-6,18-21,23-24H,7-17,40H2,1-2H3,(H2,30,31,32)/t21-,23?,24?/m1/s1. The quantitative estimate of drug-likeness (QED) is 0.274. The van der Waals surface area contributed by atoms with Crippen molar-refractivity contribution in [1.29, 1.82) is 0 Å². The minimum Gasteiger partial charge on any atom is -0.390 e. The molecule has 40 heavy (non-hydrogen) atoms. The summed E-state index contributed by atoms with van der Waals surface area (Å²) < 4.78 is 11.7. The lowest BCUT2D eigenvalue weighted by Crippen LogP contribution is -2.40. The molecule has 10 nitrogen and oxygen atoms in total. The molecule has 2 fully saturated rings. The topological polar surface area (TPSA) is 122 Å². The molecule has 0 aromatic carbocycles. The summed E-state index contributed by atoms with van der Waals surface area (Å²) in [6.45, 7) is 8.45. The summed E-state index contributed by atoms with van der Waals surface area (Å²) in [6.07, 6.45) is 14.5. The van der Waals surface area contributed by atoms with E-state index in [2.05, 4.69) is 60.3 Å². The molecule has 1 saturated carbocycles. The minimum atomic E-state index is -0.0821. The number of ether oxygens (including phenoxy) is 1. The minimum absolute atomic E-state index is 0.0648. The van der Waals surface area contributed by atoms with Crippen molar-refractivity contribution in [3.63, 3.8) is 0 Å². The highest BCUT2D eigenvalue weighted by Crippen LogP contribution is 2.50. The van der Waals surface area contributed by atoms with Crippen LogP contribution in [0.25, 0.3) is 0 Å². The van der Waals surface area contributed by atoms with Crippen LogP contribution in [0, 0.1) is 17.8 Å². The van der Waals surface area contributed by atoms with E-state index in [1.54, 1.807) is 4.90 Å². The predicted octanol–water partition coefficient (Wildman–Crippen LogP) is 3.69. The van der Waals surface area contributed by atoms with Crippen molar-refractivity contribution < 1.29 is 14.1 Å². The molecule has 216 valence electrons. The number of allylic oxidation sites excluding steroid dienone is 3. The van der Waals surface area contributed by atoms with Crippen LogP contribution in [0.2, 0.25) is 0 Å². The average Bonchev–Trinajstić information content (AvgIpc) is 3.60. The lowest BCUT2D eigenvalue weighted by molar-refractivity contribution is -0.129. The van der Waals surface area contributed by atoms with Crippen LogP contribution in [-0.2, 0) is 9.53 Å². The number of anilines is 1. The van der Waals surface area contributed by atoms with Crippen LogP contribution in [0.4, 0.5) is 6.01 Å². The van der Waals surface area contributed by atoms with Gasteiger partial charge in [0.2, 0.25) is 5.91 Å². The number of amidine groups is 1. The van der Waals surface area contributed by atoms with E-state index in [-0.39, 0.29) is 17.9 Å². The largest absolute Gasteiger partial charge is 0.390 e. The molecule has 2 aliphatic carbocycles. The number of aliphatic imine (C=N–C) groups is 2. The Morgan fingerprint density at radius 2 is 2.08 bits per heavy atom. The van der Waals surface area contributed by atoms with Gasteiger partial charge in [0.1, 0.15) is 5.84 Å². The number of carbonyl (C=O) groups excluding carboxylic acids is 1. The molecule has 2 aliphatic heterocycles. The maximum atomic E-state index is 12.9. The van der Waals surface area contributed by atoms with Crippen LogP contribution in [-0.4, -0.2) is 78.6 Å². The van der Waals surface area contributed by atoms with Crippen LogP contribution in [0.15, 0.2) is 49.7 Å². The Morgan fingerprint density at radius 3 is 2.83 bits per heavy atom. The molecule has 0 spiro atoms. The first-order valence-corrected chi connectivity index (χ1v) is 15.1. The number of nitrogens with two attached hydrogens (primary N) is 1. The molecule has 3 heterocycles. The zero-order valence-corrected chi connectivity index (χ0v) is 24.8. The van der Waals surface area contributed by atoms with Gasteiger partial charge in [0, 0.05) is 32.2 Å². The second-order valence-corrected chi connectivity index (χ2v) is 12.1. The van der Waals surface area contributed by atoms with E-state index in [1.807, 2.05) is 12.2 Å².